The molecule has 6 rings (SSSR count). The van der Waals surface area contributed by atoms with E-state index >= 15 is 0 Å². The van der Waals surface area contributed by atoms with Crippen molar-refractivity contribution in [1.29, 1.82) is 0 Å². The van der Waals surface area contributed by atoms with Crippen LogP contribution in [0.25, 0.3) is 0 Å². The summed E-state index contributed by atoms with van der Waals surface area (Å²) in [6.45, 7) is 4.08. The largest absolute Gasteiger partial charge is 0.481 e. The zero-order chi connectivity index (χ0) is 41.2. The van der Waals surface area contributed by atoms with Gasteiger partial charge in [0.15, 0.2) is 0 Å². The topological polar surface area (TPSA) is 147 Å². The number of carbonyl (C=O) groups excluding carboxylic acids is 1. The molecule has 11 nitrogen and oxygen atoms in total. The van der Waals surface area contributed by atoms with E-state index in [0.717, 1.165) is 102 Å². The first kappa shape index (κ1) is 46.7. The second kappa shape index (κ2) is 25.4. The number of aliphatic carboxylic acids is 2. The number of carboxylic acids is 2. The Bertz CT molecular complexity index is 1220. The number of hydrogen-bond acceptors (Lipinski definition) is 9. The van der Waals surface area contributed by atoms with Gasteiger partial charge in [0.05, 0.1) is 56.9 Å². The normalized spacial score (nSPS) is 34.0. The van der Waals surface area contributed by atoms with Crippen molar-refractivity contribution >= 4 is 17.9 Å². The van der Waals surface area contributed by atoms with Crippen LogP contribution in [-0.2, 0) is 43.1 Å². The monoisotopic (exact) mass is 833 g/mol. The van der Waals surface area contributed by atoms with Crippen LogP contribution in [0.4, 0.5) is 0 Å². The number of rotatable bonds is 22. The van der Waals surface area contributed by atoms with Crippen molar-refractivity contribution in [2.45, 2.75) is 179 Å². The van der Waals surface area contributed by atoms with Gasteiger partial charge in [-0.15, -0.1) is 0 Å². The number of hydrogen-bond donors (Lipinski definition) is 2. The fraction of sp³-hybridized carbons (Fsp3) is 0.938. The molecular formula is C48H80O11. The first-order valence-electron chi connectivity index (χ1n) is 24.5. The van der Waals surface area contributed by atoms with E-state index in [4.69, 9.17) is 28.7 Å². The molecule has 0 aromatic carbocycles. The van der Waals surface area contributed by atoms with Crippen molar-refractivity contribution in [2.75, 3.05) is 46.2 Å². The maximum absolute atomic E-state index is 13.2. The minimum absolute atomic E-state index is 0.0462. The molecule has 6 saturated carbocycles. The third kappa shape index (κ3) is 15.2. The molecule has 11 heteroatoms. The molecule has 0 spiro atoms. The van der Waals surface area contributed by atoms with Gasteiger partial charge in [-0.3, -0.25) is 14.4 Å². The van der Waals surface area contributed by atoms with Crippen LogP contribution in [0.2, 0.25) is 0 Å². The van der Waals surface area contributed by atoms with Crippen molar-refractivity contribution in [3.05, 3.63) is 0 Å². The molecule has 6 fully saturated rings. The Hall–Kier alpha value is -1.79. The van der Waals surface area contributed by atoms with Gasteiger partial charge in [0.25, 0.3) is 0 Å². The molecule has 0 bridgehead atoms. The van der Waals surface area contributed by atoms with Gasteiger partial charge in [-0.25, -0.2) is 9.78 Å². The highest BCUT2D eigenvalue weighted by Gasteiger charge is 2.43. The minimum atomic E-state index is -0.832. The molecule has 6 unspecified atom stereocenters. The zero-order valence-corrected chi connectivity index (χ0v) is 36.3. The molecule has 0 amide bonds. The van der Waals surface area contributed by atoms with E-state index in [-0.39, 0.29) is 30.0 Å². The van der Waals surface area contributed by atoms with Gasteiger partial charge in [-0.05, 0) is 144 Å². The summed E-state index contributed by atoms with van der Waals surface area (Å²) in [5, 5.41) is 19.9. The first-order chi connectivity index (χ1) is 28.8. The average Bonchev–Trinajstić information content (AvgIpc) is 3.27. The molecule has 6 atom stereocenters. The Balaban J connectivity index is 0.710. The summed E-state index contributed by atoms with van der Waals surface area (Å²) in [6, 6.07) is 0. The lowest BCUT2D eigenvalue weighted by Gasteiger charge is -2.39. The molecule has 0 heterocycles. The van der Waals surface area contributed by atoms with Gasteiger partial charge < -0.3 is 29.2 Å². The van der Waals surface area contributed by atoms with Crippen LogP contribution in [0.15, 0.2) is 0 Å². The van der Waals surface area contributed by atoms with Crippen LogP contribution in [0.1, 0.15) is 167 Å². The van der Waals surface area contributed by atoms with E-state index in [1.54, 1.807) is 0 Å². The Kier molecular flexibility index (Phi) is 20.1. The summed E-state index contributed by atoms with van der Waals surface area (Å²) in [4.78, 5) is 49.0. The molecule has 338 valence electrons. The van der Waals surface area contributed by atoms with Gasteiger partial charge in [0.1, 0.15) is 6.10 Å². The van der Waals surface area contributed by atoms with E-state index in [2.05, 4.69) is 0 Å². The van der Waals surface area contributed by atoms with Crippen LogP contribution in [0.3, 0.4) is 0 Å². The average molecular weight is 833 g/mol. The highest BCUT2D eigenvalue weighted by atomic mass is 17.2. The molecule has 0 saturated heterocycles. The fourth-order valence-electron chi connectivity index (χ4n) is 12.2. The van der Waals surface area contributed by atoms with Gasteiger partial charge in [-0.1, -0.05) is 64.2 Å². The van der Waals surface area contributed by atoms with Crippen LogP contribution >= 0.6 is 0 Å². The summed E-state index contributed by atoms with van der Waals surface area (Å²) >= 11 is 0. The van der Waals surface area contributed by atoms with Crippen molar-refractivity contribution in [3.8, 4) is 0 Å². The summed E-state index contributed by atoms with van der Waals surface area (Å²) in [7, 11) is 0. The lowest BCUT2D eigenvalue weighted by molar-refractivity contribution is -0.337. The smallest absolute Gasteiger partial charge is 0.310 e. The van der Waals surface area contributed by atoms with Gasteiger partial charge in [0.2, 0.25) is 0 Å². The second-order valence-corrected chi connectivity index (χ2v) is 19.7. The van der Waals surface area contributed by atoms with Gasteiger partial charge in [0, 0.05) is 13.2 Å². The molecule has 0 aromatic heterocycles. The number of carbonyl (C=O) groups is 3. The Morgan fingerprint density at radius 1 is 0.441 bits per heavy atom. The fourth-order valence-corrected chi connectivity index (χ4v) is 12.2. The lowest BCUT2D eigenvalue weighted by atomic mass is 9.67. The van der Waals surface area contributed by atoms with E-state index in [1.165, 1.54) is 64.2 Å². The molecular weight excluding hydrogens is 753 g/mol. The third-order valence-corrected chi connectivity index (χ3v) is 15.9. The maximum atomic E-state index is 13.2. The van der Waals surface area contributed by atoms with Crippen molar-refractivity contribution in [3.63, 3.8) is 0 Å². The number of esters is 1. The standard InChI is InChI=1S/C48H80O11/c49-46(50)44-31-38(36-7-3-1-4-8-36)15-16-40(44)33-57-59-42-20-13-35(14-21-42)24-26-55-28-30-56-29-27-54-25-23-34-11-18-41(19-12-34)58-48(53)43-22-17-39(32-45(43)47(51)52)37-9-5-2-6-10-37/h34-45H,1-33H2,(H,49,50)(H,51,52). The molecule has 6 aliphatic rings. The van der Waals surface area contributed by atoms with Gasteiger partial charge in [-0.2, -0.15) is 0 Å². The minimum Gasteiger partial charge on any atom is -0.481 e. The van der Waals surface area contributed by atoms with E-state index < -0.39 is 23.8 Å². The quantitative estimate of drug-likeness (QED) is 0.0465. The van der Waals surface area contributed by atoms with Crippen LogP contribution in [-0.4, -0.2) is 86.6 Å². The molecule has 59 heavy (non-hydrogen) atoms. The molecule has 2 N–H and O–H groups in total. The molecule has 0 radical (unpaired) electrons. The van der Waals surface area contributed by atoms with Crippen LogP contribution in [0.5, 0.6) is 0 Å². The predicted octanol–water partition coefficient (Wildman–Crippen LogP) is 9.82. The van der Waals surface area contributed by atoms with Crippen molar-refractivity contribution in [1.82, 2.24) is 0 Å². The maximum Gasteiger partial charge on any atom is 0.310 e. The Morgan fingerprint density at radius 2 is 0.915 bits per heavy atom. The number of ether oxygens (including phenoxy) is 4. The van der Waals surface area contributed by atoms with Crippen LogP contribution < -0.4 is 0 Å². The van der Waals surface area contributed by atoms with Crippen LogP contribution in [0, 0.1) is 59.2 Å². The van der Waals surface area contributed by atoms with Gasteiger partial charge >= 0.3 is 17.9 Å². The number of carboxylic acid groups (broad SMARTS) is 2. The molecule has 0 aromatic rings. The Morgan fingerprint density at radius 3 is 1.44 bits per heavy atom. The van der Waals surface area contributed by atoms with Crippen molar-refractivity contribution in [2.24, 2.45) is 59.2 Å². The summed E-state index contributed by atoms with van der Waals surface area (Å²) in [6.07, 6.45) is 27.7. The summed E-state index contributed by atoms with van der Waals surface area (Å²) in [5.41, 5.74) is 0. The molecule has 6 aliphatic carbocycles. The van der Waals surface area contributed by atoms with E-state index in [9.17, 15) is 24.6 Å². The van der Waals surface area contributed by atoms with E-state index in [0.29, 0.717) is 82.1 Å². The first-order valence-corrected chi connectivity index (χ1v) is 24.5. The molecule has 0 aliphatic heterocycles. The lowest BCUT2D eigenvalue weighted by Crippen LogP contribution is -2.40. The highest BCUT2D eigenvalue weighted by Crippen LogP contribution is 2.45. The zero-order valence-electron chi connectivity index (χ0n) is 36.3. The van der Waals surface area contributed by atoms with E-state index in [1.807, 2.05) is 0 Å². The predicted molar refractivity (Wildman–Crippen MR) is 223 cm³/mol. The summed E-state index contributed by atoms with van der Waals surface area (Å²) < 4.78 is 23.4. The SMILES string of the molecule is O=C(O)C1CC(C2CCCCC2)CCC1COOC1CCC(CCOCCOCCOCCC2CCC(OC(=O)C3CCC(C4CCCCC4)CC3C(=O)O)CC2)CC1. The third-order valence-electron chi connectivity index (χ3n) is 15.9. The highest BCUT2D eigenvalue weighted by molar-refractivity contribution is 5.81. The summed E-state index contributed by atoms with van der Waals surface area (Å²) in [5.74, 6) is 0.398. The van der Waals surface area contributed by atoms with Crippen molar-refractivity contribution < 1.29 is 53.3 Å². The second-order valence-electron chi connectivity index (χ2n) is 19.7. The Labute approximate surface area is 355 Å².